The molecule has 1 fully saturated rings. The Kier molecular flexibility index (Phi) is 6.97. The number of hydrogen-bond donors (Lipinski definition) is 1. The molecule has 3 aromatic carbocycles. The van der Waals surface area contributed by atoms with Crippen molar-refractivity contribution in [3.8, 4) is 11.5 Å². The molecule has 0 atom stereocenters. The van der Waals surface area contributed by atoms with E-state index in [1.54, 1.807) is 48.5 Å². The third-order valence-electron chi connectivity index (χ3n) is 5.25. The molecule has 0 spiro atoms. The fourth-order valence-electron chi connectivity index (χ4n) is 3.45. The normalized spacial score (nSPS) is 14.8. The number of carbonyl (C=O) groups excluding carboxylic acids is 3. The van der Waals surface area contributed by atoms with Crippen molar-refractivity contribution in [1.29, 1.82) is 0 Å². The average Bonchev–Trinajstić information content (AvgIpc) is 2.83. The highest BCUT2D eigenvalue weighted by Gasteiger charge is 2.36. The van der Waals surface area contributed by atoms with Crippen molar-refractivity contribution < 1.29 is 28.2 Å². The first-order chi connectivity index (χ1) is 16.8. The molecule has 4 amide bonds. The van der Waals surface area contributed by atoms with Crippen LogP contribution in [0.2, 0.25) is 0 Å². The predicted octanol–water partition coefficient (Wildman–Crippen LogP) is 5.15. The Morgan fingerprint density at radius 3 is 2.37 bits per heavy atom. The molecule has 4 rings (SSSR count). The minimum absolute atomic E-state index is 0.171. The molecule has 7 nitrogen and oxygen atoms in total. The molecule has 0 aliphatic carbocycles. The fourth-order valence-corrected chi connectivity index (χ4v) is 4.03. The van der Waals surface area contributed by atoms with Gasteiger partial charge in [0.25, 0.3) is 11.8 Å². The number of amides is 4. The monoisotopic (exact) mass is 538 g/mol. The Morgan fingerprint density at radius 2 is 1.71 bits per heavy atom. The van der Waals surface area contributed by atoms with Crippen LogP contribution in [0.4, 0.5) is 14.9 Å². The van der Waals surface area contributed by atoms with Crippen LogP contribution in [0.5, 0.6) is 11.5 Å². The van der Waals surface area contributed by atoms with Crippen molar-refractivity contribution in [1.82, 2.24) is 5.32 Å². The van der Waals surface area contributed by atoms with Crippen molar-refractivity contribution in [2.45, 2.75) is 13.5 Å². The summed E-state index contributed by atoms with van der Waals surface area (Å²) in [6, 6.07) is 15.2. The van der Waals surface area contributed by atoms with Gasteiger partial charge >= 0.3 is 6.03 Å². The zero-order chi connectivity index (χ0) is 25.1. The number of aryl methyl sites for hydroxylation is 1. The number of nitrogens with one attached hydrogen (secondary N) is 1. The van der Waals surface area contributed by atoms with Gasteiger partial charge in [-0.3, -0.25) is 14.9 Å². The summed E-state index contributed by atoms with van der Waals surface area (Å²) >= 11 is 3.44. The van der Waals surface area contributed by atoms with Gasteiger partial charge in [0.15, 0.2) is 11.5 Å². The number of imide groups is 2. The lowest BCUT2D eigenvalue weighted by Gasteiger charge is -2.26. The molecule has 0 aromatic heterocycles. The van der Waals surface area contributed by atoms with E-state index in [0.717, 1.165) is 16.0 Å². The topological polar surface area (TPSA) is 84.9 Å². The largest absolute Gasteiger partial charge is 0.493 e. The van der Waals surface area contributed by atoms with Gasteiger partial charge in [0.05, 0.1) is 17.3 Å². The van der Waals surface area contributed by atoms with Gasteiger partial charge in [-0.15, -0.1) is 0 Å². The predicted molar refractivity (Wildman–Crippen MR) is 132 cm³/mol. The second-order valence-corrected chi connectivity index (χ2v) is 8.60. The number of anilines is 1. The van der Waals surface area contributed by atoms with Gasteiger partial charge in [0, 0.05) is 0 Å². The number of urea groups is 1. The summed E-state index contributed by atoms with van der Waals surface area (Å²) in [7, 11) is 1.46. The highest BCUT2D eigenvalue weighted by atomic mass is 79.9. The standard InChI is InChI=1S/C26H20BrFN2O5/c1-15-3-9-19(10-4-15)30-25(32)20(24(31)29-26(30)33)11-17-12-21(27)23(22(13-17)34-2)35-14-16-5-7-18(28)8-6-16/h3-13H,14H2,1-2H3,(H,29,31,33)/b20-11+. The highest BCUT2D eigenvalue weighted by Crippen LogP contribution is 2.38. The van der Waals surface area contributed by atoms with E-state index in [1.165, 1.54) is 25.3 Å². The van der Waals surface area contributed by atoms with E-state index < -0.39 is 17.8 Å². The summed E-state index contributed by atoms with van der Waals surface area (Å²) in [4.78, 5) is 38.9. The molecule has 35 heavy (non-hydrogen) atoms. The number of benzene rings is 3. The first kappa shape index (κ1) is 24.2. The Balaban J connectivity index is 1.63. The van der Waals surface area contributed by atoms with Crippen LogP contribution in [0.3, 0.4) is 0 Å². The van der Waals surface area contributed by atoms with Crippen LogP contribution >= 0.6 is 15.9 Å². The van der Waals surface area contributed by atoms with Gasteiger partial charge in [-0.2, -0.15) is 0 Å². The maximum atomic E-state index is 13.1. The molecule has 0 unspecified atom stereocenters. The Morgan fingerprint density at radius 1 is 1.03 bits per heavy atom. The van der Waals surface area contributed by atoms with Crippen LogP contribution in [0.1, 0.15) is 16.7 Å². The molecule has 9 heteroatoms. The molecule has 1 heterocycles. The average molecular weight is 539 g/mol. The van der Waals surface area contributed by atoms with E-state index in [9.17, 15) is 18.8 Å². The van der Waals surface area contributed by atoms with Crippen molar-refractivity contribution >= 4 is 45.5 Å². The van der Waals surface area contributed by atoms with Gasteiger partial charge in [-0.1, -0.05) is 29.8 Å². The number of carbonyl (C=O) groups is 3. The van der Waals surface area contributed by atoms with Crippen molar-refractivity contribution in [2.24, 2.45) is 0 Å². The number of hydrogen-bond acceptors (Lipinski definition) is 5. The lowest BCUT2D eigenvalue weighted by atomic mass is 10.1. The summed E-state index contributed by atoms with van der Waals surface area (Å²) in [6.45, 7) is 2.05. The van der Waals surface area contributed by atoms with Gasteiger partial charge in [-0.25, -0.2) is 14.1 Å². The van der Waals surface area contributed by atoms with Gasteiger partial charge in [-0.05, 0) is 76.5 Å². The summed E-state index contributed by atoms with van der Waals surface area (Å²) in [6.07, 6.45) is 1.38. The lowest BCUT2D eigenvalue weighted by molar-refractivity contribution is -0.122. The van der Waals surface area contributed by atoms with E-state index in [4.69, 9.17) is 9.47 Å². The molecule has 1 N–H and O–H groups in total. The number of methoxy groups -OCH3 is 1. The minimum Gasteiger partial charge on any atom is -0.493 e. The van der Waals surface area contributed by atoms with Crippen LogP contribution in [0.25, 0.3) is 6.08 Å². The molecule has 0 bridgehead atoms. The number of ether oxygens (including phenoxy) is 2. The molecule has 0 radical (unpaired) electrons. The van der Waals surface area contributed by atoms with Crippen LogP contribution < -0.4 is 19.7 Å². The second-order valence-electron chi connectivity index (χ2n) is 7.74. The lowest BCUT2D eigenvalue weighted by Crippen LogP contribution is -2.54. The molecule has 0 saturated carbocycles. The molecule has 1 saturated heterocycles. The quantitative estimate of drug-likeness (QED) is 0.346. The van der Waals surface area contributed by atoms with Crippen molar-refractivity contribution in [3.63, 3.8) is 0 Å². The van der Waals surface area contributed by atoms with E-state index in [2.05, 4.69) is 21.2 Å². The zero-order valence-corrected chi connectivity index (χ0v) is 20.4. The Hall–Kier alpha value is -3.98. The highest BCUT2D eigenvalue weighted by molar-refractivity contribution is 9.10. The van der Waals surface area contributed by atoms with E-state index in [0.29, 0.717) is 27.2 Å². The van der Waals surface area contributed by atoms with Gasteiger partial charge in [0.1, 0.15) is 18.0 Å². The first-order valence-corrected chi connectivity index (χ1v) is 11.3. The summed E-state index contributed by atoms with van der Waals surface area (Å²) in [5.41, 5.74) is 2.33. The van der Waals surface area contributed by atoms with Crippen molar-refractivity contribution in [2.75, 3.05) is 12.0 Å². The first-order valence-electron chi connectivity index (χ1n) is 10.5. The van der Waals surface area contributed by atoms with E-state index >= 15 is 0 Å². The van der Waals surface area contributed by atoms with Crippen LogP contribution in [0.15, 0.2) is 70.7 Å². The van der Waals surface area contributed by atoms with Crippen molar-refractivity contribution in [3.05, 3.63) is 93.2 Å². The number of halogens is 2. The summed E-state index contributed by atoms with van der Waals surface area (Å²) in [5, 5.41) is 2.20. The van der Waals surface area contributed by atoms with E-state index in [1.807, 2.05) is 6.92 Å². The Labute approximate surface area is 209 Å². The van der Waals surface area contributed by atoms with Crippen LogP contribution in [-0.4, -0.2) is 25.0 Å². The summed E-state index contributed by atoms with van der Waals surface area (Å²) in [5.74, 6) is -1.13. The van der Waals surface area contributed by atoms with Gasteiger partial charge in [0.2, 0.25) is 0 Å². The summed E-state index contributed by atoms with van der Waals surface area (Å²) < 4.78 is 24.9. The third-order valence-corrected chi connectivity index (χ3v) is 5.84. The molecule has 3 aromatic rings. The molecule has 1 aliphatic heterocycles. The smallest absolute Gasteiger partial charge is 0.335 e. The maximum Gasteiger partial charge on any atom is 0.335 e. The molecule has 178 valence electrons. The SMILES string of the molecule is COc1cc(/C=C2\C(=O)NC(=O)N(c3ccc(C)cc3)C2=O)cc(Br)c1OCc1ccc(F)cc1. The van der Waals surface area contributed by atoms with E-state index in [-0.39, 0.29) is 18.0 Å². The van der Waals surface area contributed by atoms with Crippen LogP contribution in [0, 0.1) is 12.7 Å². The third kappa shape index (κ3) is 5.25. The Bertz CT molecular complexity index is 1340. The fraction of sp³-hybridized carbons (Fsp3) is 0.115. The second kappa shape index (κ2) is 10.1. The number of nitrogens with zero attached hydrogens (tertiary/aromatic N) is 1. The number of barbiturate groups is 1. The minimum atomic E-state index is -0.815. The molecular formula is C26H20BrFN2O5. The van der Waals surface area contributed by atoms with Gasteiger partial charge < -0.3 is 9.47 Å². The molecular weight excluding hydrogens is 519 g/mol. The van der Waals surface area contributed by atoms with Crippen LogP contribution in [-0.2, 0) is 16.2 Å². The maximum absolute atomic E-state index is 13.1. The number of rotatable bonds is 6. The zero-order valence-electron chi connectivity index (χ0n) is 18.8. The molecule has 1 aliphatic rings.